The number of rotatable bonds is 7. The molecule has 0 aromatic carbocycles. The first-order valence-electron chi connectivity index (χ1n) is 5.99. The van der Waals surface area contributed by atoms with Crippen LogP contribution in [0.2, 0.25) is 0 Å². The summed E-state index contributed by atoms with van der Waals surface area (Å²) in [6.07, 6.45) is 3.57. The molecule has 1 aromatic rings. The lowest BCUT2D eigenvalue weighted by molar-refractivity contribution is 0.0697. The lowest BCUT2D eigenvalue weighted by Crippen LogP contribution is -2.28. The molecule has 6 heteroatoms. The lowest BCUT2D eigenvalue weighted by Gasteiger charge is -2.20. The van der Waals surface area contributed by atoms with Gasteiger partial charge in [-0.2, -0.15) is 0 Å². The molecule has 1 heterocycles. The van der Waals surface area contributed by atoms with Crippen molar-refractivity contribution in [1.82, 2.24) is 14.9 Å². The van der Waals surface area contributed by atoms with E-state index in [1.54, 1.807) is 0 Å². The van der Waals surface area contributed by atoms with E-state index in [-0.39, 0.29) is 5.56 Å². The topological polar surface area (TPSA) is 78.3 Å². The Labute approximate surface area is 107 Å². The molecule has 0 bridgehead atoms. The maximum atomic E-state index is 10.9. The Bertz CT molecular complexity index is 395. The van der Waals surface area contributed by atoms with Gasteiger partial charge in [0.05, 0.1) is 0 Å². The van der Waals surface area contributed by atoms with Crippen molar-refractivity contribution in [3.05, 3.63) is 18.1 Å². The second-order valence-electron chi connectivity index (χ2n) is 4.44. The largest absolute Gasteiger partial charge is 0.477 e. The van der Waals surface area contributed by atoms with Gasteiger partial charge in [0.25, 0.3) is 0 Å². The summed E-state index contributed by atoms with van der Waals surface area (Å²) < 4.78 is 0. The van der Waals surface area contributed by atoms with Crippen molar-refractivity contribution in [1.29, 1.82) is 0 Å². The van der Waals surface area contributed by atoms with Gasteiger partial charge < -0.3 is 15.3 Å². The fraction of sp³-hybridized carbons (Fsp3) is 0.583. The van der Waals surface area contributed by atoms with Crippen LogP contribution in [0.5, 0.6) is 0 Å². The molecular weight excluding hydrogens is 232 g/mol. The van der Waals surface area contributed by atoms with Crippen LogP contribution in [0.1, 0.15) is 30.6 Å². The molecule has 0 aliphatic rings. The van der Waals surface area contributed by atoms with Crippen LogP contribution in [-0.4, -0.2) is 52.1 Å². The Hall–Kier alpha value is -1.69. The molecule has 1 aromatic heterocycles. The van der Waals surface area contributed by atoms with E-state index in [2.05, 4.69) is 41.1 Å². The number of anilines is 1. The summed E-state index contributed by atoms with van der Waals surface area (Å²) in [5.41, 5.74) is 0.106. The number of nitrogens with zero attached hydrogens (tertiary/aromatic N) is 3. The lowest BCUT2D eigenvalue weighted by atomic mass is 10.3. The van der Waals surface area contributed by atoms with E-state index in [1.165, 1.54) is 12.5 Å². The minimum atomic E-state index is -1.02. The molecule has 6 nitrogen and oxygen atoms in total. The predicted molar refractivity (Wildman–Crippen MR) is 69.9 cm³/mol. The van der Waals surface area contributed by atoms with Gasteiger partial charge in [-0.1, -0.05) is 0 Å². The Kier molecular flexibility index (Phi) is 5.51. The van der Waals surface area contributed by atoms with Gasteiger partial charge in [0.2, 0.25) is 0 Å². The van der Waals surface area contributed by atoms with Crippen molar-refractivity contribution < 1.29 is 9.90 Å². The van der Waals surface area contributed by atoms with E-state index in [0.717, 1.165) is 13.0 Å². The Morgan fingerprint density at radius 1 is 1.56 bits per heavy atom. The third kappa shape index (κ3) is 4.29. The summed E-state index contributed by atoms with van der Waals surface area (Å²) in [4.78, 5) is 20.8. The molecule has 100 valence electrons. The molecule has 0 aliphatic heterocycles. The van der Waals surface area contributed by atoms with Crippen LogP contribution >= 0.6 is 0 Å². The van der Waals surface area contributed by atoms with Crippen molar-refractivity contribution >= 4 is 11.8 Å². The summed E-state index contributed by atoms with van der Waals surface area (Å²) >= 11 is 0. The number of aromatic carboxylic acids is 1. The van der Waals surface area contributed by atoms with E-state index >= 15 is 0 Å². The molecule has 0 atom stereocenters. The molecule has 0 fully saturated rings. The van der Waals surface area contributed by atoms with Crippen LogP contribution in [0, 0.1) is 0 Å². The fourth-order valence-electron chi connectivity index (χ4n) is 1.42. The highest BCUT2D eigenvalue weighted by molar-refractivity contribution is 5.92. The minimum absolute atomic E-state index is 0.106. The molecule has 0 spiro atoms. The third-order valence-electron chi connectivity index (χ3n) is 2.80. The number of nitrogens with one attached hydrogen (secondary N) is 1. The summed E-state index contributed by atoms with van der Waals surface area (Å²) in [5, 5.41) is 12.0. The maximum absolute atomic E-state index is 10.9. The predicted octanol–water partition coefficient (Wildman–Crippen LogP) is 1.32. The second kappa shape index (κ2) is 6.90. The summed E-state index contributed by atoms with van der Waals surface area (Å²) in [7, 11) is 2.07. The quantitative estimate of drug-likeness (QED) is 0.712. The van der Waals surface area contributed by atoms with Crippen molar-refractivity contribution in [2.24, 2.45) is 0 Å². The molecule has 0 amide bonds. The van der Waals surface area contributed by atoms with Crippen molar-refractivity contribution in [2.75, 3.05) is 25.5 Å². The van der Waals surface area contributed by atoms with Crippen LogP contribution in [0.25, 0.3) is 0 Å². The number of carbonyl (C=O) groups is 1. The molecule has 0 radical (unpaired) electrons. The van der Waals surface area contributed by atoms with Crippen LogP contribution in [0.3, 0.4) is 0 Å². The highest BCUT2D eigenvalue weighted by atomic mass is 16.4. The average molecular weight is 252 g/mol. The van der Waals surface area contributed by atoms with Gasteiger partial charge in [-0.05, 0) is 33.9 Å². The molecule has 18 heavy (non-hydrogen) atoms. The molecule has 0 saturated carbocycles. The number of hydrogen-bond acceptors (Lipinski definition) is 5. The molecule has 0 aliphatic carbocycles. The molecular formula is C12H20N4O2. The van der Waals surface area contributed by atoms with Crippen LogP contribution in [0.15, 0.2) is 12.5 Å². The zero-order valence-corrected chi connectivity index (χ0v) is 11.1. The number of carboxylic acid groups (broad SMARTS) is 1. The van der Waals surface area contributed by atoms with Crippen molar-refractivity contribution in [2.45, 2.75) is 26.3 Å². The van der Waals surface area contributed by atoms with Crippen molar-refractivity contribution in [3.63, 3.8) is 0 Å². The van der Waals surface area contributed by atoms with Gasteiger partial charge in [0, 0.05) is 18.8 Å². The summed E-state index contributed by atoms with van der Waals surface area (Å²) in [6.45, 7) is 5.92. The smallest absolute Gasteiger partial charge is 0.341 e. The molecule has 2 N–H and O–H groups in total. The second-order valence-corrected chi connectivity index (χ2v) is 4.44. The van der Waals surface area contributed by atoms with Gasteiger partial charge >= 0.3 is 5.97 Å². The van der Waals surface area contributed by atoms with E-state index in [0.29, 0.717) is 18.4 Å². The standard InChI is InChI=1S/C12H20N4O2/c1-9(2)16(3)6-4-5-14-11-10(12(17)18)7-13-8-15-11/h7-9H,4-6H2,1-3H3,(H,17,18)(H,13,14,15). The first-order chi connectivity index (χ1) is 8.52. The van der Waals surface area contributed by atoms with Gasteiger partial charge in [-0.3, -0.25) is 0 Å². The van der Waals surface area contributed by atoms with Gasteiger partial charge in [-0.25, -0.2) is 14.8 Å². The van der Waals surface area contributed by atoms with E-state index in [4.69, 9.17) is 5.11 Å². The molecule has 1 rings (SSSR count). The highest BCUT2D eigenvalue weighted by Gasteiger charge is 2.10. The Morgan fingerprint density at radius 3 is 2.89 bits per heavy atom. The van der Waals surface area contributed by atoms with Gasteiger partial charge in [0.1, 0.15) is 17.7 Å². The normalized spacial score (nSPS) is 10.9. The van der Waals surface area contributed by atoms with Gasteiger partial charge in [0.15, 0.2) is 0 Å². The monoisotopic (exact) mass is 252 g/mol. The average Bonchev–Trinajstić information content (AvgIpc) is 2.34. The zero-order valence-electron chi connectivity index (χ0n) is 11.1. The van der Waals surface area contributed by atoms with Gasteiger partial charge in [-0.15, -0.1) is 0 Å². The minimum Gasteiger partial charge on any atom is -0.477 e. The van der Waals surface area contributed by atoms with E-state index in [9.17, 15) is 4.79 Å². The van der Waals surface area contributed by atoms with E-state index in [1.807, 2.05) is 0 Å². The van der Waals surface area contributed by atoms with Crippen LogP contribution in [0.4, 0.5) is 5.82 Å². The van der Waals surface area contributed by atoms with Crippen LogP contribution < -0.4 is 5.32 Å². The Morgan fingerprint density at radius 2 is 2.28 bits per heavy atom. The SMILES string of the molecule is CC(C)N(C)CCCNc1ncncc1C(=O)O. The van der Waals surface area contributed by atoms with Crippen LogP contribution in [-0.2, 0) is 0 Å². The first kappa shape index (κ1) is 14.4. The highest BCUT2D eigenvalue weighted by Crippen LogP contribution is 2.09. The number of aromatic nitrogens is 2. The fourth-order valence-corrected chi connectivity index (χ4v) is 1.42. The number of hydrogen-bond donors (Lipinski definition) is 2. The molecule has 0 unspecified atom stereocenters. The first-order valence-corrected chi connectivity index (χ1v) is 5.99. The zero-order chi connectivity index (χ0) is 13.5. The maximum Gasteiger partial charge on any atom is 0.341 e. The molecule has 0 saturated heterocycles. The van der Waals surface area contributed by atoms with Crippen molar-refractivity contribution in [3.8, 4) is 0 Å². The van der Waals surface area contributed by atoms with E-state index < -0.39 is 5.97 Å². The summed E-state index contributed by atoms with van der Waals surface area (Å²) in [5.74, 6) is -0.637. The number of carboxylic acids is 1. The summed E-state index contributed by atoms with van der Waals surface area (Å²) in [6, 6.07) is 0.513. The Balaban J connectivity index is 2.42. The third-order valence-corrected chi connectivity index (χ3v) is 2.80.